The van der Waals surface area contributed by atoms with Crippen LogP contribution in [0.1, 0.15) is 0 Å². The third-order valence-corrected chi connectivity index (χ3v) is 5.12. The van der Waals surface area contributed by atoms with E-state index < -0.39 is 6.03 Å². The maximum Gasteiger partial charge on any atom is 0.316 e. The predicted octanol–water partition coefficient (Wildman–Crippen LogP) is 3.21. The molecule has 7 nitrogen and oxygen atoms in total. The Kier molecular flexibility index (Phi) is 6.49. The molecule has 1 heterocycles. The number of nitrogens with one attached hydrogen (secondary N) is 1. The normalized spacial score (nSPS) is 13.9. The number of hydrogen-bond donors (Lipinski definition) is 2. The number of carbonyl (C=O) groups excluding carboxylic acids is 2. The highest BCUT2D eigenvalue weighted by molar-refractivity contribution is 6.42. The molecule has 28 heavy (non-hydrogen) atoms. The van der Waals surface area contributed by atoms with Crippen molar-refractivity contribution in [3.8, 4) is 5.75 Å². The number of ether oxygens (including phenoxy) is 1. The topological polar surface area (TPSA) is 87.9 Å². The Morgan fingerprint density at radius 1 is 1.00 bits per heavy atom. The quantitative estimate of drug-likeness (QED) is 0.773. The fourth-order valence-corrected chi connectivity index (χ4v) is 3.20. The first-order valence-electron chi connectivity index (χ1n) is 8.69. The number of anilines is 2. The molecule has 0 aromatic heterocycles. The van der Waals surface area contributed by atoms with E-state index in [4.69, 9.17) is 33.7 Å². The molecule has 1 aliphatic heterocycles. The van der Waals surface area contributed by atoms with Gasteiger partial charge in [-0.3, -0.25) is 4.79 Å². The van der Waals surface area contributed by atoms with Gasteiger partial charge in [-0.05, 0) is 42.5 Å². The highest BCUT2D eigenvalue weighted by Crippen LogP contribution is 2.27. The standard InChI is InChI=1S/C19H20Cl2N4O3/c20-16-6-3-14(11-17(16)21)24-7-9-25(10-8-24)18(26)12-28-15-4-1-13(2-5-15)23-19(22)27/h1-6,11H,7-10,12H2,(H3,22,23,27). The summed E-state index contributed by atoms with van der Waals surface area (Å²) in [6.07, 6.45) is 0. The zero-order valence-corrected chi connectivity index (χ0v) is 16.5. The number of primary amides is 1. The molecule has 148 valence electrons. The van der Waals surface area contributed by atoms with Crippen LogP contribution in [-0.2, 0) is 4.79 Å². The van der Waals surface area contributed by atoms with Gasteiger partial charge in [0.25, 0.3) is 5.91 Å². The number of rotatable bonds is 5. The van der Waals surface area contributed by atoms with Crippen molar-refractivity contribution in [2.24, 2.45) is 5.73 Å². The second-order valence-electron chi connectivity index (χ2n) is 6.27. The van der Waals surface area contributed by atoms with Crippen molar-refractivity contribution in [1.82, 2.24) is 4.90 Å². The molecule has 3 rings (SSSR count). The average molecular weight is 423 g/mol. The van der Waals surface area contributed by atoms with Gasteiger partial charge in [-0.15, -0.1) is 0 Å². The van der Waals surface area contributed by atoms with Gasteiger partial charge in [0.15, 0.2) is 6.61 Å². The van der Waals surface area contributed by atoms with E-state index in [1.165, 1.54) is 0 Å². The Morgan fingerprint density at radius 2 is 1.68 bits per heavy atom. The van der Waals surface area contributed by atoms with Gasteiger partial charge in [-0.1, -0.05) is 23.2 Å². The lowest BCUT2D eigenvalue weighted by Crippen LogP contribution is -2.50. The van der Waals surface area contributed by atoms with Gasteiger partial charge in [0, 0.05) is 37.6 Å². The maximum atomic E-state index is 12.4. The lowest BCUT2D eigenvalue weighted by Gasteiger charge is -2.36. The number of nitrogens with two attached hydrogens (primary N) is 1. The molecule has 2 aromatic carbocycles. The first-order chi connectivity index (χ1) is 13.4. The zero-order valence-electron chi connectivity index (χ0n) is 15.0. The fraction of sp³-hybridized carbons (Fsp3) is 0.263. The van der Waals surface area contributed by atoms with Crippen molar-refractivity contribution in [2.45, 2.75) is 0 Å². The second-order valence-corrected chi connectivity index (χ2v) is 7.08. The molecule has 0 spiro atoms. The molecule has 1 aliphatic rings. The van der Waals surface area contributed by atoms with Crippen LogP contribution in [0.5, 0.6) is 5.75 Å². The van der Waals surface area contributed by atoms with Crippen molar-refractivity contribution in [3.05, 3.63) is 52.5 Å². The predicted molar refractivity (Wildman–Crippen MR) is 110 cm³/mol. The Balaban J connectivity index is 1.47. The summed E-state index contributed by atoms with van der Waals surface area (Å²) in [5.74, 6) is 0.464. The molecule has 0 saturated carbocycles. The minimum Gasteiger partial charge on any atom is -0.484 e. The molecule has 2 aromatic rings. The Labute approximate surface area is 172 Å². The number of nitrogens with zero attached hydrogens (tertiary/aromatic N) is 2. The van der Waals surface area contributed by atoms with Crippen molar-refractivity contribution in [1.29, 1.82) is 0 Å². The van der Waals surface area contributed by atoms with E-state index in [0.29, 0.717) is 47.7 Å². The molecule has 0 unspecified atom stereocenters. The van der Waals surface area contributed by atoms with Crippen LogP contribution in [0.2, 0.25) is 10.0 Å². The van der Waals surface area contributed by atoms with Crippen LogP contribution in [0.4, 0.5) is 16.2 Å². The molecule has 3 amide bonds. The van der Waals surface area contributed by atoms with E-state index in [1.54, 1.807) is 35.2 Å². The summed E-state index contributed by atoms with van der Waals surface area (Å²) in [5, 5.41) is 3.50. The average Bonchev–Trinajstić information content (AvgIpc) is 2.69. The molecule has 1 fully saturated rings. The SMILES string of the molecule is NC(=O)Nc1ccc(OCC(=O)N2CCN(c3ccc(Cl)c(Cl)c3)CC2)cc1. The second kappa shape index (κ2) is 9.03. The molecule has 1 saturated heterocycles. The van der Waals surface area contributed by atoms with Crippen LogP contribution in [0.3, 0.4) is 0 Å². The number of piperazine rings is 1. The summed E-state index contributed by atoms with van der Waals surface area (Å²) in [6, 6.07) is 11.5. The Hall–Kier alpha value is -2.64. The smallest absolute Gasteiger partial charge is 0.316 e. The number of carbonyl (C=O) groups is 2. The van der Waals surface area contributed by atoms with Gasteiger partial charge in [0.1, 0.15) is 5.75 Å². The Morgan fingerprint density at radius 3 is 2.29 bits per heavy atom. The number of hydrogen-bond acceptors (Lipinski definition) is 4. The van der Waals surface area contributed by atoms with Gasteiger partial charge in [-0.25, -0.2) is 4.79 Å². The minimum absolute atomic E-state index is 0.0463. The van der Waals surface area contributed by atoms with E-state index in [2.05, 4.69) is 10.2 Å². The van der Waals surface area contributed by atoms with E-state index >= 15 is 0 Å². The van der Waals surface area contributed by atoms with Gasteiger partial charge in [0.2, 0.25) is 0 Å². The van der Waals surface area contributed by atoms with E-state index in [0.717, 1.165) is 5.69 Å². The van der Waals surface area contributed by atoms with E-state index in [9.17, 15) is 9.59 Å². The highest BCUT2D eigenvalue weighted by atomic mass is 35.5. The summed E-state index contributed by atoms with van der Waals surface area (Å²) in [6.45, 7) is 2.57. The fourth-order valence-electron chi connectivity index (χ4n) is 2.91. The number of benzene rings is 2. The lowest BCUT2D eigenvalue weighted by molar-refractivity contribution is -0.133. The van der Waals surface area contributed by atoms with Crippen LogP contribution in [0.25, 0.3) is 0 Å². The van der Waals surface area contributed by atoms with Crippen LogP contribution < -0.4 is 20.7 Å². The summed E-state index contributed by atoms with van der Waals surface area (Å²) in [4.78, 5) is 27.1. The van der Waals surface area contributed by atoms with E-state index in [-0.39, 0.29) is 12.5 Å². The van der Waals surface area contributed by atoms with Gasteiger partial charge < -0.3 is 25.6 Å². The summed E-state index contributed by atoms with van der Waals surface area (Å²) in [7, 11) is 0. The van der Waals surface area contributed by atoms with Crippen LogP contribution in [0, 0.1) is 0 Å². The van der Waals surface area contributed by atoms with Crippen molar-refractivity contribution >= 4 is 46.5 Å². The largest absolute Gasteiger partial charge is 0.484 e. The van der Waals surface area contributed by atoms with Crippen molar-refractivity contribution < 1.29 is 14.3 Å². The third kappa shape index (κ3) is 5.21. The molecule has 9 heteroatoms. The van der Waals surface area contributed by atoms with E-state index in [1.807, 2.05) is 12.1 Å². The number of urea groups is 1. The van der Waals surface area contributed by atoms with Gasteiger partial charge in [-0.2, -0.15) is 0 Å². The van der Waals surface area contributed by atoms with Gasteiger partial charge >= 0.3 is 6.03 Å². The zero-order chi connectivity index (χ0) is 20.1. The number of amides is 3. The molecular formula is C19H20Cl2N4O3. The monoisotopic (exact) mass is 422 g/mol. The first kappa shape index (κ1) is 20.1. The number of halogens is 2. The van der Waals surface area contributed by atoms with Crippen LogP contribution in [-0.4, -0.2) is 49.6 Å². The summed E-state index contributed by atoms with van der Waals surface area (Å²) in [5.41, 5.74) is 6.61. The summed E-state index contributed by atoms with van der Waals surface area (Å²) < 4.78 is 5.54. The molecule has 3 N–H and O–H groups in total. The lowest BCUT2D eigenvalue weighted by atomic mass is 10.2. The van der Waals surface area contributed by atoms with Crippen LogP contribution >= 0.6 is 23.2 Å². The molecule has 0 atom stereocenters. The molecule has 0 radical (unpaired) electrons. The molecule has 0 aliphatic carbocycles. The van der Waals surface area contributed by atoms with Crippen molar-refractivity contribution in [3.63, 3.8) is 0 Å². The van der Waals surface area contributed by atoms with Crippen LogP contribution in [0.15, 0.2) is 42.5 Å². The first-order valence-corrected chi connectivity index (χ1v) is 9.45. The van der Waals surface area contributed by atoms with Gasteiger partial charge in [0.05, 0.1) is 10.0 Å². The van der Waals surface area contributed by atoms with Crippen molar-refractivity contribution in [2.75, 3.05) is 43.0 Å². The minimum atomic E-state index is -0.635. The third-order valence-electron chi connectivity index (χ3n) is 4.38. The summed E-state index contributed by atoms with van der Waals surface area (Å²) >= 11 is 12.0. The maximum absolute atomic E-state index is 12.4. The molecular weight excluding hydrogens is 403 g/mol. The Bertz CT molecular complexity index is 853. The highest BCUT2D eigenvalue weighted by Gasteiger charge is 2.22. The molecule has 0 bridgehead atoms.